The predicted molar refractivity (Wildman–Crippen MR) is 136 cm³/mol. The molecular formula is C24H35PS3. The zero-order chi connectivity index (χ0) is 19.7. The summed E-state index contributed by atoms with van der Waals surface area (Å²) in [5.41, 5.74) is -0.200. The van der Waals surface area contributed by atoms with Crippen LogP contribution in [0.2, 0.25) is 0 Å². The van der Waals surface area contributed by atoms with Crippen molar-refractivity contribution in [3.05, 3.63) is 60.7 Å². The van der Waals surface area contributed by atoms with Crippen LogP contribution in [0.15, 0.2) is 70.5 Å². The van der Waals surface area contributed by atoms with Crippen LogP contribution < -0.4 is 0 Å². The summed E-state index contributed by atoms with van der Waals surface area (Å²) < 4.78 is 0. The van der Waals surface area contributed by atoms with Crippen molar-refractivity contribution in [2.45, 2.75) is 80.9 Å². The van der Waals surface area contributed by atoms with Crippen LogP contribution in [-0.4, -0.2) is 5.75 Å². The van der Waals surface area contributed by atoms with E-state index in [9.17, 15) is 0 Å². The number of unbranched alkanes of at least 4 members (excludes halogenated alkanes) is 9. The minimum atomic E-state index is -0.200. The molecule has 0 saturated heterocycles. The Labute approximate surface area is 186 Å². The standard InChI is InChI=1S/C24H35PS3/c1-2-3-4-5-6-7-8-9-10-17-22-26-25(27-23-18-13-11-14-19-23)28-24-20-15-12-16-21-24/h11-16,18-21H,2-10,17,22H2,1H3. The Bertz CT molecular complexity index is 550. The molecule has 0 aliphatic heterocycles. The van der Waals surface area contributed by atoms with Gasteiger partial charge in [-0.2, -0.15) is 0 Å². The summed E-state index contributed by atoms with van der Waals surface area (Å²) in [4.78, 5) is 2.79. The van der Waals surface area contributed by atoms with Crippen molar-refractivity contribution in [3.63, 3.8) is 0 Å². The lowest BCUT2D eigenvalue weighted by atomic mass is 10.1. The molecule has 0 fully saturated rings. The van der Waals surface area contributed by atoms with Crippen LogP contribution in [-0.2, 0) is 0 Å². The summed E-state index contributed by atoms with van der Waals surface area (Å²) in [5, 5.41) is 0. The van der Waals surface area contributed by atoms with Gasteiger partial charge in [0.25, 0.3) is 0 Å². The van der Waals surface area contributed by atoms with Gasteiger partial charge in [0.15, 0.2) is 0 Å². The molecule has 0 aromatic heterocycles. The molecule has 2 aromatic carbocycles. The van der Waals surface area contributed by atoms with E-state index in [2.05, 4.69) is 102 Å². The largest absolute Gasteiger partial charge is 0.112 e. The third-order valence-corrected chi connectivity index (χ3v) is 14.4. The van der Waals surface area contributed by atoms with E-state index in [4.69, 9.17) is 0 Å². The quantitative estimate of drug-likeness (QED) is 0.184. The lowest BCUT2D eigenvalue weighted by molar-refractivity contribution is 0.563. The maximum atomic E-state index is 2.29. The fraction of sp³-hybridized carbons (Fsp3) is 0.500. The van der Waals surface area contributed by atoms with E-state index in [1.54, 1.807) is 0 Å². The SMILES string of the molecule is CCCCCCCCCCCCSP(Sc1ccccc1)Sc1ccccc1. The second kappa shape index (κ2) is 16.7. The molecule has 0 amide bonds. The first-order valence-corrected chi connectivity index (χ1v) is 16.5. The van der Waals surface area contributed by atoms with Gasteiger partial charge < -0.3 is 0 Å². The molecule has 0 atom stereocenters. The van der Waals surface area contributed by atoms with Crippen molar-refractivity contribution < 1.29 is 0 Å². The molecule has 0 radical (unpaired) electrons. The molecule has 2 aromatic rings. The van der Waals surface area contributed by atoms with Crippen LogP contribution in [0.5, 0.6) is 0 Å². The third kappa shape index (κ3) is 11.8. The van der Waals surface area contributed by atoms with Gasteiger partial charge >= 0.3 is 0 Å². The highest BCUT2D eigenvalue weighted by Gasteiger charge is 2.13. The Morgan fingerprint density at radius 3 is 1.46 bits per heavy atom. The Morgan fingerprint density at radius 1 is 0.571 bits per heavy atom. The lowest BCUT2D eigenvalue weighted by Crippen LogP contribution is -1.83. The first kappa shape index (κ1) is 24.2. The van der Waals surface area contributed by atoms with E-state index in [1.165, 1.54) is 79.8 Å². The van der Waals surface area contributed by atoms with Crippen molar-refractivity contribution in [2.24, 2.45) is 0 Å². The highest BCUT2D eigenvalue weighted by Crippen LogP contribution is 2.74. The van der Waals surface area contributed by atoms with Crippen molar-refractivity contribution in [1.29, 1.82) is 0 Å². The average molecular weight is 451 g/mol. The van der Waals surface area contributed by atoms with Crippen LogP contribution >= 0.6 is 39.7 Å². The van der Waals surface area contributed by atoms with Crippen LogP contribution in [0.25, 0.3) is 0 Å². The van der Waals surface area contributed by atoms with Gasteiger partial charge in [0, 0.05) is 9.79 Å². The molecule has 0 spiro atoms. The molecule has 0 aliphatic rings. The van der Waals surface area contributed by atoms with Crippen LogP contribution in [0.4, 0.5) is 0 Å². The van der Waals surface area contributed by atoms with Crippen molar-refractivity contribution in [1.82, 2.24) is 0 Å². The van der Waals surface area contributed by atoms with E-state index in [1.807, 2.05) is 0 Å². The predicted octanol–water partition coefficient (Wildman–Crippen LogP) is 10.5. The van der Waals surface area contributed by atoms with Crippen molar-refractivity contribution >= 4 is 39.7 Å². The highest BCUT2D eigenvalue weighted by atomic mass is 33.4. The number of hydrogen-bond donors (Lipinski definition) is 0. The summed E-state index contributed by atoms with van der Waals surface area (Å²) in [6.45, 7) is 2.29. The maximum absolute atomic E-state index is 2.29. The summed E-state index contributed by atoms with van der Waals surface area (Å²) in [6.07, 6.45) is 14.2. The Balaban J connectivity index is 1.62. The molecule has 154 valence electrons. The number of benzene rings is 2. The number of hydrogen-bond acceptors (Lipinski definition) is 3. The molecule has 0 unspecified atom stereocenters. The molecule has 28 heavy (non-hydrogen) atoms. The zero-order valence-corrected chi connectivity index (χ0v) is 20.6. The maximum Gasteiger partial charge on any atom is 0.0827 e. The van der Waals surface area contributed by atoms with E-state index in [-0.39, 0.29) is 5.53 Å². The van der Waals surface area contributed by atoms with Gasteiger partial charge in [0.2, 0.25) is 0 Å². The van der Waals surface area contributed by atoms with Gasteiger partial charge in [-0.1, -0.05) is 124 Å². The van der Waals surface area contributed by atoms with Crippen LogP contribution in [0, 0.1) is 0 Å². The second-order valence-corrected chi connectivity index (χ2v) is 16.7. The molecule has 4 heteroatoms. The minimum absolute atomic E-state index is 0.200. The smallest absolute Gasteiger partial charge is 0.0827 e. The zero-order valence-electron chi connectivity index (χ0n) is 17.2. The fourth-order valence-corrected chi connectivity index (χ4v) is 13.2. The summed E-state index contributed by atoms with van der Waals surface area (Å²) in [6, 6.07) is 21.8. The van der Waals surface area contributed by atoms with Gasteiger partial charge in [-0.3, -0.25) is 0 Å². The molecular weight excluding hydrogens is 415 g/mol. The van der Waals surface area contributed by atoms with Gasteiger partial charge in [-0.05, 0) is 36.4 Å². The molecule has 0 saturated carbocycles. The normalized spacial score (nSPS) is 11.2. The molecule has 2 rings (SSSR count). The fourth-order valence-electron chi connectivity index (χ4n) is 2.93. The summed E-state index contributed by atoms with van der Waals surface area (Å²) in [5.74, 6) is 1.29. The molecule has 0 N–H and O–H groups in total. The first-order valence-electron chi connectivity index (χ1n) is 10.8. The van der Waals surface area contributed by atoms with E-state index >= 15 is 0 Å². The monoisotopic (exact) mass is 450 g/mol. The van der Waals surface area contributed by atoms with E-state index in [0.717, 1.165) is 0 Å². The van der Waals surface area contributed by atoms with Gasteiger partial charge in [0.1, 0.15) is 0 Å². The summed E-state index contributed by atoms with van der Waals surface area (Å²) in [7, 11) is 0. The third-order valence-electron chi connectivity index (χ3n) is 4.54. The van der Waals surface area contributed by atoms with E-state index < -0.39 is 0 Å². The second-order valence-electron chi connectivity index (χ2n) is 7.05. The Kier molecular flexibility index (Phi) is 14.4. The highest BCUT2D eigenvalue weighted by molar-refractivity contribution is 9.12. The Morgan fingerprint density at radius 2 is 1.00 bits per heavy atom. The summed E-state index contributed by atoms with van der Waals surface area (Å²) >= 11 is 6.29. The van der Waals surface area contributed by atoms with Gasteiger partial charge in [-0.15, -0.1) is 11.4 Å². The van der Waals surface area contributed by atoms with Gasteiger partial charge in [-0.25, -0.2) is 0 Å². The molecule has 0 aliphatic carbocycles. The lowest BCUT2D eigenvalue weighted by Gasteiger charge is -2.15. The van der Waals surface area contributed by atoms with Crippen molar-refractivity contribution in [2.75, 3.05) is 5.75 Å². The van der Waals surface area contributed by atoms with Crippen LogP contribution in [0.1, 0.15) is 71.1 Å². The molecule has 0 heterocycles. The minimum Gasteiger partial charge on any atom is -0.112 e. The average Bonchev–Trinajstić information content (AvgIpc) is 2.73. The van der Waals surface area contributed by atoms with Gasteiger partial charge in [0.05, 0.1) is 5.53 Å². The Hall–Kier alpha value is -0.0800. The topological polar surface area (TPSA) is 0 Å². The number of rotatable bonds is 16. The molecule has 0 nitrogen and oxygen atoms in total. The first-order chi connectivity index (χ1) is 13.9. The van der Waals surface area contributed by atoms with E-state index in [0.29, 0.717) is 0 Å². The van der Waals surface area contributed by atoms with Crippen LogP contribution in [0.3, 0.4) is 0 Å². The van der Waals surface area contributed by atoms with Crippen molar-refractivity contribution in [3.8, 4) is 0 Å². The molecule has 0 bridgehead atoms.